The van der Waals surface area contributed by atoms with E-state index in [2.05, 4.69) is 41.4 Å². The van der Waals surface area contributed by atoms with Gasteiger partial charge < -0.3 is 15.2 Å². The third-order valence-electron chi connectivity index (χ3n) is 4.78. The van der Waals surface area contributed by atoms with E-state index in [-0.39, 0.29) is 6.04 Å². The summed E-state index contributed by atoms with van der Waals surface area (Å²) in [5.41, 5.74) is 3.92. The molecule has 1 aliphatic heterocycles. The first-order chi connectivity index (χ1) is 12.6. The quantitative estimate of drug-likeness (QED) is 0.801. The van der Waals surface area contributed by atoms with Gasteiger partial charge in [-0.15, -0.1) is 0 Å². The highest BCUT2D eigenvalue weighted by atomic mass is 16.5. The first-order valence-corrected chi connectivity index (χ1v) is 9.04. The van der Waals surface area contributed by atoms with E-state index in [1.807, 2.05) is 12.1 Å². The number of aromatic carboxylic acids is 1. The zero-order valence-electron chi connectivity index (χ0n) is 15.1. The van der Waals surface area contributed by atoms with Gasteiger partial charge in [0.2, 0.25) is 0 Å². The van der Waals surface area contributed by atoms with Crippen molar-refractivity contribution in [3.63, 3.8) is 0 Å². The van der Waals surface area contributed by atoms with E-state index in [1.54, 1.807) is 12.1 Å². The molecule has 5 heteroatoms. The molecule has 1 saturated heterocycles. The minimum Gasteiger partial charge on any atom is -0.478 e. The van der Waals surface area contributed by atoms with Crippen molar-refractivity contribution in [1.82, 2.24) is 10.2 Å². The van der Waals surface area contributed by atoms with Crippen molar-refractivity contribution < 1.29 is 14.6 Å². The van der Waals surface area contributed by atoms with E-state index >= 15 is 0 Å². The van der Waals surface area contributed by atoms with Gasteiger partial charge in [0, 0.05) is 32.2 Å². The van der Waals surface area contributed by atoms with E-state index < -0.39 is 5.97 Å². The third kappa shape index (κ3) is 5.14. The normalized spacial score (nSPS) is 16.3. The van der Waals surface area contributed by atoms with Crippen LogP contribution in [0.2, 0.25) is 0 Å². The fourth-order valence-corrected chi connectivity index (χ4v) is 3.13. The molecule has 0 saturated carbocycles. The molecule has 3 rings (SSSR count). The fraction of sp³-hybridized carbons (Fsp3) is 0.381. The van der Waals surface area contributed by atoms with E-state index in [1.165, 1.54) is 11.1 Å². The fourth-order valence-electron chi connectivity index (χ4n) is 3.13. The van der Waals surface area contributed by atoms with Crippen molar-refractivity contribution in [3.05, 3.63) is 70.8 Å². The van der Waals surface area contributed by atoms with Gasteiger partial charge >= 0.3 is 5.97 Å². The summed E-state index contributed by atoms with van der Waals surface area (Å²) in [6.07, 6.45) is 0. The van der Waals surface area contributed by atoms with Gasteiger partial charge in [-0.05, 0) is 30.2 Å². The standard InChI is InChI=1S/C21H26N2O3/c1-16-2-6-18(7-3-16)20(15-23-10-12-26-13-11-23)22-14-17-4-8-19(9-5-17)21(24)25/h2-9,20,22H,10-15H2,1H3,(H,24,25). The smallest absolute Gasteiger partial charge is 0.335 e. The molecule has 0 radical (unpaired) electrons. The maximum Gasteiger partial charge on any atom is 0.335 e. The highest BCUT2D eigenvalue weighted by molar-refractivity contribution is 5.87. The Bertz CT molecular complexity index is 707. The minimum absolute atomic E-state index is 0.216. The number of carboxylic acid groups (broad SMARTS) is 1. The molecule has 0 bridgehead atoms. The van der Waals surface area contributed by atoms with Gasteiger partial charge in [0.05, 0.1) is 18.8 Å². The molecule has 1 atom stereocenters. The van der Waals surface area contributed by atoms with E-state index in [0.29, 0.717) is 12.1 Å². The molecule has 1 aliphatic rings. The van der Waals surface area contributed by atoms with E-state index in [9.17, 15) is 4.79 Å². The van der Waals surface area contributed by atoms with Crippen LogP contribution in [0.4, 0.5) is 0 Å². The Hall–Kier alpha value is -2.21. The number of morpholine rings is 1. The zero-order chi connectivity index (χ0) is 18.4. The van der Waals surface area contributed by atoms with Crippen molar-refractivity contribution in [2.75, 3.05) is 32.8 Å². The van der Waals surface area contributed by atoms with Crippen LogP contribution in [-0.2, 0) is 11.3 Å². The third-order valence-corrected chi connectivity index (χ3v) is 4.78. The van der Waals surface area contributed by atoms with Crippen LogP contribution in [-0.4, -0.2) is 48.8 Å². The number of carboxylic acids is 1. The lowest BCUT2D eigenvalue weighted by atomic mass is 10.0. The number of nitrogens with zero attached hydrogens (tertiary/aromatic N) is 1. The number of rotatable bonds is 7. The molecule has 2 N–H and O–H groups in total. The molecule has 26 heavy (non-hydrogen) atoms. The van der Waals surface area contributed by atoms with Gasteiger partial charge in [0.15, 0.2) is 0 Å². The second-order valence-corrected chi connectivity index (χ2v) is 6.76. The van der Waals surface area contributed by atoms with E-state index in [0.717, 1.165) is 38.4 Å². The summed E-state index contributed by atoms with van der Waals surface area (Å²) in [5.74, 6) is -0.894. The maximum atomic E-state index is 11.0. The molecule has 5 nitrogen and oxygen atoms in total. The Balaban J connectivity index is 1.67. The Morgan fingerprint density at radius 2 is 1.77 bits per heavy atom. The number of aryl methyl sites for hydroxylation is 1. The summed E-state index contributed by atoms with van der Waals surface area (Å²) in [5, 5.41) is 12.7. The summed E-state index contributed by atoms with van der Waals surface area (Å²) in [7, 11) is 0. The van der Waals surface area contributed by atoms with Crippen molar-refractivity contribution >= 4 is 5.97 Å². The predicted molar refractivity (Wildman–Crippen MR) is 101 cm³/mol. The van der Waals surface area contributed by atoms with Gasteiger partial charge in [-0.3, -0.25) is 4.90 Å². The molecule has 2 aromatic carbocycles. The number of carbonyl (C=O) groups is 1. The average molecular weight is 354 g/mol. The van der Waals surface area contributed by atoms with Crippen LogP contribution in [0.1, 0.15) is 33.1 Å². The van der Waals surface area contributed by atoms with Gasteiger partial charge in [-0.25, -0.2) is 4.79 Å². The highest BCUT2D eigenvalue weighted by Gasteiger charge is 2.18. The van der Waals surface area contributed by atoms with Gasteiger partial charge in [0.1, 0.15) is 0 Å². The summed E-state index contributed by atoms with van der Waals surface area (Å²) in [4.78, 5) is 13.4. The Labute approximate surface area is 154 Å². The topological polar surface area (TPSA) is 61.8 Å². The van der Waals surface area contributed by atoms with Gasteiger partial charge in [-0.1, -0.05) is 42.0 Å². The molecule has 1 fully saturated rings. The highest BCUT2D eigenvalue weighted by Crippen LogP contribution is 2.17. The van der Waals surface area contributed by atoms with Gasteiger partial charge in [0.25, 0.3) is 0 Å². The lowest BCUT2D eigenvalue weighted by molar-refractivity contribution is 0.0333. The molecular weight excluding hydrogens is 328 g/mol. The summed E-state index contributed by atoms with van der Waals surface area (Å²) < 4.78 is 5.45. The summed E-state index contributed by atoms with van der Waals surface area (Å²) in [6, 6.07) is 15.9. The molecular formula is C21H26N2O3. The number of ether oxygens (including phenoxy) is 1. The van der Waals surface area contributed by atoms with Crippen LogP contribution >= 0.6 is 0 Å². The van der Waals surface area contributed by atoms with E-state index in [4.69, 9.17) is 9.84 Å². The molecule has 0 amide bonds. The van der Waals surface area contributed by atoms with Crippen molar-refractivity contribution in [3.8, 4) is 0 Å². The van der Waals surface area contributed by atoms with Gasteiger partial charge in [-0.2, -0.15) is 0 Å². The van der Waals surface area contributed by atoms with Crippen LogP contribution in [0.5, 0.6) is 0 Å². The SMILES string of the molecule is Cc1ccc(C(CN2CCOCC2)NCc2ccc(C(=O)O)cc2)cc1. The minimum atomic E-state index is -0.894. The first kappa shape index (κ1) is 18.6. The van der Waals surface area contributed by atoms with Crippen molar-refractivity contribution in [2.45, 2.75) is 19.5 Å². The van der Waals surface area contributed by atoms with Crippen LogP contribution in [0.3, 0.4) is 0 Å². The lowest BCUT2D eigenvalue weighted by Gasteiger charge is -2.31. The Morgan fingerprint density at radius 1 is 1.12 bits per heavy atom. The summed E-state index contributed by atoms with van der Waals surface area (Å²) in [6.45, 7) is 7.21. The van der Waals surface area contributed by atoms with Crippen LogP contribution in [0.25, 0.3) is 0 Å². The first-order valence-electron chi connectivity index (χ1n) is 9.04. The zero-order valence-corrected chi connectivity index (χ0v) is 15.1. The molecule has 1 unspecified atom stereocenters. The second kappa shape index (κ2) is 8.94. The number of nitrogens with one attached hydrogen (secondary N) is 1. The molecule has 2 aromatic rings. The van der Waals surface area contributed by atoms with Crippen molar-refractivity contribution in [2.24, 2.45) is 0 Å². The van der Waals surface area contributed by atoms with Crippen molar-refractivity contribution in [1.29, 1.82) is 0 Å². The molecule has 0 aliphatic carbocycles. The molecule has 1 heterocycles. The molecule has 138 valence electrons. The monoisotopic (exact) mass is 354 g/mol. The second-order valence-electron chi connectivity index (χ2n) is 6.76. The molecule has 0 spiro atoms. The number of hydrogen-bond acceptors (Lipinski definition) is 4. The number of benzene rings is 2. The Kier molecular flexibility index (Phi) is 6.39. The van der Waals surface area contributed by atoms with Crippen LogP contribution in [0, 0.1) is 6.92 Å². The summed E-state index contributed by atoms with van der Waals surface area (Å²) >= 11 is 0. The molecule has 0 aromatic heterocycles. The number of hydrogen-bond donors (Lipinski definition) is 2. The average Bonchev–Trinajstić information content (AvgIpc) is 2.67. The predicted octanol–water partition coefficient (Wildman–Crippen LogP) is 2.86. The Morgan fingerprint density at radius 3 is 2.38 bits per heavy atom. The maximum absolute atomic E-state index is 11.0. The van der Waals surface area contributed by atoms with Crippen LogP contribution in [0.15, 0.2) is 48.5 Å². The van der Waals surface area contributed by atoms with Crippen LogP contribution < -0.4 is 5.32 Å². The largest absolute Gasteiger partial charge is 0.478 e. The lowest BCUT2D eigenvalue weighted by Crippen LogP contribution is -2.41.